The highest BCUT2D eigenvalue weighted by molar-refractivity contribution is 7.80. The van der Waals surface area contributed by atoms with Crippen molar-refractivity contribution in [3.8, 4) is 0 Å². The van der Waals surface area contributed by atoms with Crippen LogP contribution >= 0.6 is 12.6 Å². The number of carbonyl (C=O) groups is 1. The molecule has 1 heterocycles. The number of rotatable bonds is 2. The van der Waals surface area contributed by atoms with E-state index in [4.69, 9.17) is 5.11 Å². The average Bonchev–Trinajstić information content (AvgIpc) is 2.65. The van der Waals surface area contributed by atoms with Gasteiger partial charge in [0.1, 0.15) is 0 Å². The van der Waals surface area contributed by atoms with Gasteiger partial charge < -0.3 is 10.0 Å². The van der Waals surface area contributed by atoms with Crippen LogP contribution in [0.4, 0.5) is 5.69 Å². The van der Waals surface area contributed by atoms with E-state index >= 15 is 0 Å². The number of thiol groups is 1. The second-order valence-corrected chi connectivity index (χ2v) is 4.83. The molecule has 1 aromatic carbocycles. The second kappa shape index (κ2) is 4.37. The number of carboxylic acid groups (broad SMARTS) is 1. The lowest BCUT2D eigenvalue weighted by Gasteiger charge is -2.20. The summed E-state index contributed by atoms with van der Waals surface area (Å²) >= 11 is 4.38. The zero-order valence-corrected chi connectivity index (χ0v) is 10.1. The minimum Gasteiger partial charge on any atom is -0.478 e. The fourth-order valence-corrected chi connectivity index (χ4v) is 2.34. The largest absolute Gasteiger partial charge is 0.478 e. The maximum atomic E-state index is 10.9. The lowest BCUT2D eigenvalue weighted by molar-refractivity contribution is 0.0697. The molecule has 16 heavy (non-hydrogen) atoms. The topological polar surface area (TPSA) is 40.5 Å². The number of benzene rings is 1. The van der Waals surface area contributed by atoms with Gasteiger partial charge in [-0.15, -0.1) is 12.6 Å². The molecular formula is C12H15NO2S. The third-order valence-electron chi connectivity index (χ3n) is 2.99. The average molecular weight is 237 g/mol. The van der Waals surface area contributed by atoms with Crippen molar-refractivity contribution in [1.82, 2.24) is 0 Å². The molecule has 2 rings (SSSR count). The smallest absolute Gasteiger partial charge is 0.335 e. The molecule has 0 radical (unpaired) electrons. The predicted octanol–water partition coefficient (Wildman–Crippen LogP) is 2.52. The first-order valence-electron chi connectivity index (χ1n) is 5.39. The van der Waals surface area contributed by atoms with Crippen LogP contribution in [-0.4, -0.2) is 24.2 Å². The third-order valence-corrected chi connectivity index (χ3v) is 3.37. The van der Waals surface area contributed by atoms with E-state index in [-0.39, 0.29) is 0 Å². The monoisotopic (exact) mass is 237 g/mol. The maximum absolute atomic E-state index is 10.9. The van der Waals surface area contributed by atoms with Crippen molar-refractivity contribution < 1.29 is 9.90 Å². The molecule has 4 heteroatoms. The van der Waals surface area contributed by atoms with Crippen LogP contribution in [0.3, 0.4) is 0 Å². The summed E-state index contributed by atoms with van der Waals surface area (Å²) in [5, 5.41) is 8.95. The molecular weight excluding hydrogens is 222 g/mol. The highest BCUT2D eigenvalue weighted by Gasteiger charge is 2.21. The molecule has 0 aromatic heterocycles. The fourth-order valence-electron chi connectivity index (χ4n) is 2.06. The molecule has 1 aliphatic rings. The minimum absolute atomic E-state index is 0.326. The highest BCUT2D eigenvalue weighted by atomic mass is 32.1. The van der Waals surface area contributed by atoms with Gasteiger partial charge in [0.2, 0.25) is 0 Å². The van der Waals surface area contributed by atoms with E-state index in [1.165, 1.54) is 0 Å². The normalized spacial score (nSPS) is 20.1. The number of nitrogens with zero attached hydrogens (tertiary/aromatic N) is 1. The van der Waals surface area contributed by atoms with Crippen LogP contribution in [0, 0.1) is 5.92 Å². The predicted molar refractivity (Wildman–Crippen MR) is 66.6 cm³/mol. The maximum Gasteiger partial charge on any atom is 0.335 e. The van der Waals surface area contributed by atoms with Crippen molar-refractivity contribution in [1.29, 1.82) is 0 Å². The van der Waals surface area contributed by atoms with Crippen molar-refractivity contribution in [3.63, 3.8) is 0 Å². The van der Waals surface area contributed by atoms with Crippen LogP contribution in [0.2, 0.25) is 0 Å². The Morgan fingerprint density at radius 1 is 1.56 bits per heavy atom. The van der Waals surface area contributed by atoms with E-state index in [9.17, 15) is 4.79 Å². The van der Waals surface area contributed by atoms with Crippen molar-refractivity contribution >= 4 is 24.3 Å². The Hall–Kier alpha value is -1.16. The molecule has 1 aromatic rings. The third kappa shape index (κ3) is 2.16. The summed E-state index contributed by atoms with van der Waals surface area (Å²) in [6, 6.07) is 5.06. The van der Waals surface area contributed by atoms with Crippen LogP contribution in [0.15, 0.2) is 23.1 Å². The van der Waals surface area contributed by atoms with Crippen molar-refractivity contribution in [2.24, 2.45) is 5.92 Å². The molecule has 1 fully saturated rings. The van der Waals surface area contributed by atoms with E-state index in [2.05, 4.69) is 24.5 Å². The fraction of sp³-hybridized carbons (Fsp3) is 0.417. The lowest BCUT2D eigenvalue weighted by atomic mass is 10.1. The Labute approximate surface area is 100 Å². The summed E-state index contributed by atoms with van der Waals surface area (Å²) < 4.78 is 0. The summed E-state index contributed by atoms with van der Waals surface area (Å²) in [5.41, 5.74) is 1.26. The molecule has 1 aliphatic heterocycles. The summed E-state index contributed by atoms with van der Waals surface area (Å²) in [6.45, 7) is 4.17. The van der Waals surface area contributed by atoms with E-state index in [0.717, 1.165) is 30.1 Å². The Balaban J connectivity index is 2.32. The molecule has 0 aliphatic carbocycles. The van der Waals surface area contributed by atoms with Gasteiger partial charge in [-0.25, -0.2) is 4.79 Å². The number of hydrogen-bond acceptors (Lipinski definition) is 3. The van der Waals surface area contributed by atoms with Gasteiger partial charge in [0.05, 0.1) is 11.3 Å². The van der Waals surface area contributed by atoms with Crippen LogP contribution in [0.5, 0.6) is 0 Å². The zero-order chi connectivity index (χ0) is 11.7. The Bertz CT molecular complexity index is 419. The van der Waals surface area contributed by atoms with Gasteiger partial charge >= 0.3 is 5.97 Å². The minimum atomic E-state index is -0.887. The van der Waals surface area contributed by atoms with Crippen molar-refractivity contribution in [3.05, 3.63) is 23.8 Å². The first-order chi connectivity index (χ1) is 7.58. The molecule has 86 valence electrons. The molecule has 1 saturated heterocycles. The van der Waals surface area contributed by atoms with Gasteiger partial charge in [-0.05, 0) is 30.5 Å². The molecule has 1 N–H and O–H groups in total. The van der Waals surface area contributed by atoms with Crippen molar-refractivity contribution in [2.75, 3.05) is 18.0 Å². The lowest BCUT2D eigenvalue weighted by Crippen LogP contribution is -2.20. The first kappa shape index (κ1) is 11.3. The molecule has 1 unspecified atom stereocenters. The summed E-state index contributed by atoms with van der Waals surface area (Å²) in [5.74, 6) is -0.219. The highest BCUT2D eigenvalue weighted by Crippen LogP contribution is 2.30. The molecule has 0 saturated carbocycles. The van der Waals surface area contributed by atoms with Gasteiger partial charge in [-0.3, -0.25) is 0 Å². The van der Waals surface area contributed by atoms with E-state index < -0.39 is 5.97 Å². The van der Waals surface area contributed by atoms with Crippen molar-refractivity contribution in [2.45, 2.75) is 18.2 Å². The van der Waals surface area contributed by atoms with Gasteiger partial charge in [-0.2, -0.15) is 0 Å². The van der Waals surface area contributed by atoms with Gasteiger partial charge in [-0.1, -0.05) is 6.92 Å². The number of anilines is 1. The Morgan fingerprint density at radius 2 is 2.31 bits per heavy atom. The Morgan fingerprint density at radius 3 is 2.88 bits per heavy atom. The molecule has 0 bridgehead atoms. The number of hydrogen-bond donors (Lipinski definition) is 2. The van der Waals surface area contributed by atoms with Gasteiger partial charge in [0.15, 0.2) is 0 Å². The second-order valence-electron chi connectivity index (χ2n) is 4.35. The van der Waals surface area contributed by atoms with E-state index in [1.807, 2.05) is 0 Å². The van der Waals surface area contributed by atoms with Crippen LogP contribution in [-0.2, 0) is 0 Å². The molecule has 1 atom stereocenters. The van der Waals surface area contributed by atoms with E-state index in [0.29, 0.717) is 11.5 Å². The van der Waals surface area contributed by atoms with Gasteiger partial charge in [0.25, 0.3) is 0 Å². The number of carboxylic acids is 1. The first-order valence-corrected chi connectivity index (χ1v) is 5.84. The molecule has 3 nitrogen and oxygen atoms in total. The quantitative estimate of drug-likeness (QED) is 0.776. The van der Waals surface area contributed by atoms with Crippen LogP contribution in [0.1, 0.15) is 23.7 Å². The molecule has 0 amide bonds. The number of aromatic carboxylic acids is 1. The SMILES string of the molecule is CC1CCN(c2cc(C(=O)O)ccc2S)C1. The van der Waals surface area contributed by atoms with Gasteiger partial charge in [0, 0.05) is 18.0 Å². The Kier molecular flexibility index (Phi) is 3.10. The summed E-state index contributed by atoms with van der Waals surface area (Å²) in [6.07, 6.45) is 1.16. The molecule has 0 spiro atoms. The zero-order valence-electron chi connectivity index (χ0n) is 9.18. The summed E-state index contributed by atoms with van der Waals surface area (Å²) in [7, 11) is 0. The van der Waals surface area contributed by atoms with Crippen LogP contribution in [0.25, 0.3) is 0 Å². The standard InChI is InChI=1S/C12H15NO2S/c1-8-4-5-13(7-8)10-6-9(12(14)15)2-3-11(10)16/h2-3,6,8,16H,4-5,7H2,1H3,(H,14,15). The van der Waals surface area contributed by atoms with E-state index in [1.54, 1.807) is 18.2 Å². The van der Waals surface area contributed by atoms with Crippen LogP contribution < -0.4 is 4.90 Å². The summed E-state index contributed by atoms with van der Waals surface area (Å²) in [4.78, 5) is 14.0.